The minimum absolute atomic E-state index is 0.221. The fourth-order valence-corrected chi connectivity index (χ4v) is 3.00. The van der Waals surface area contributed by atoms with Crippen molar-refractivity contribution in [1.82, 2.24) is 19.8 Å². The number of carbonyl (C=O) groups is 1. The van der Waals surface area contributed by atoms with Crippen LogP contribution in [-0.4, -0.2) is 31.8 Å². The molecule has 0 spiro atoms. The van der Waals surface area contributed by atoms with Crippen molar-refractivity contribution in [2.75, 3.05) is 5.32 Å². The first kappa shape index (κ1) is 18.6. The summed E-state index contributed by atoms with van der Waals surface area (Å²) in [5, 5.41) is 15.6. The lowest BCUT2D eigenvalue weighted by Crippen LogP contribution is -2.30. The van der Waals surface area contributed by atoms with Crippen molar-refractivity contribution in [3.8, 4) is 17.0 Å². The number of ether oxygens (including phenoxy) is 1. The Bertz CT molecular complexity index is 1180. The second-order valence-corrected chi connectivity index (χ2v) is 6.88. The van der Waals surface area contributed by atoms with E-state index < -0.39 is 6.10 Å². The Hall–Kier alpha value is -3.74. The predicted octanol–water partition coefficient (Wildman–Crippen LogP) is 3.81. The second-order valence-electron chi connectivity index (χ2n) is 6.88. The number of anilines is 1. The molecule has 2 heterocycles. The maximum Gasteiger partial charge on any atom is 0.265 e. The van der Waals surface area contributed by atoms with E-state index in [0.29, 0.717) is 22.9 Å². The molecule has 0 aliphatic carbocycles. The van der Waals surface area contributed by atoms with Crippen molar-refractivity contribution in [2.45, 2.75) is 26.9 Å². The molecule has 0 saturated carbocycles. The number of nitrogens with one attached hydrogen (secondary N) is 1. The van der Waals surface area contributed by atoms with Gasteiger partial charge in [-0.15, -0.1) is 10.2 Å². The van der Waals surface area contributed by atoms with Gasteiger partial charge in [0.2, 0.25) is 0 Å². The highest BCUT2D eigenvalue weighted by atomic mass is 16.5. The Kier molecular flexibility index (Phi) is 4.95. The lowest BCUT2D eigenvalue weighted by atomic mass is 10.1. The molecule has 1 unspecified atom stereocenters. The highest BCUT2D eigenvalue weighted by Gasteiger charge is 2.15. The van der Waals surface area contributed by atoms with Crippen molar-refractivity contribution >= 4 is 17.2 Å². The summed E-state index contributed by atoms with van der Waals surface area (Å²) in [6.07, 6.45) is -0.630. The molecule has 7 heteroatoms. The van der Waals surface area contributed by atoms with Gasteiger partial charge in [-0.05, 0) is 62.7 Å². The summed E-state index contributed by atoms with van der Waals surface area (Å²) in [5.41, 5.74) is 4.09. The molecule has 146 valence electrons. The highest BCUT2D eigenvalue weighted by Crippen LogP contribution is 2.22. The van der Waals surface area contributed by atoms with E-state index in [4.69, 9.17) is 4.74 Å². The SMILES string of the molecule is Cc1cccc(OC(C)C(=O)Nc2cccc(-c3ccc4nnc(C)n4n3)c2)c1. The van der Waals surface area contributed by atoms with Gasteiger partial charge in [-0.3, -0.25) is 4.79 Å². The number of carbonyl (C=O) groups excluding carboxylic acids is 1. The molecule has 0 aliphatic heterocycles. The lowest BCUT2D eigenvalue weighted by Gasteiger charge is -2.15. The molecular formula is C22H21N5O2. The van der Waals surface area contributed by atoms with Crippen molar-refractivity contribution < 1.29 is 9.53 Å². The Morgan fingerprint density at radius 1 is 1.03 bits per heavy atom. The van der Waals surface area contributed by atoms with Crippen LogP contribution in [0.15, 0.2) is 60.7 Å². The van der Waals surface area contributed by atoms with Gasteiger partial charge in [0.05, 0.1) is 5.69 Å². The molecule has 0 fully saturated rings. The maximum absolute atomic E-state index is 12.6. The third-order valence-electron chi connectivity index (χ3n) is 4.52. The van der Waals surface area contributed by atoms with Crippen LogP contribution in [0.4, 0.5) is 5.69 Å². The van der Waals surface area contributed by atoms with Gasteiger partial charge in [0.1, 0.15) is 5.75 Å². The predicted molar refractivity (Wildman–Crippen MR) is 111 cm³/mol. The van der Waals surface area contributed by atoms with Crippen molar-refractivity contribution in [1.29, 1.82) is 0 Å². The first-order chi connectivity index (χ1) is 14.0. The van der Waals surface area contributed by atoms with Crippen LogP contribution in [0.2, 0.25) is 0 Å². The normalized spacial score (nSPS) is 12.0. The number of rotatable bonds is 5. The lowest BCUT2D eigenvalue weighted by molar-refractivity contribution is -0.122. The largest absolute Gasteiger partial charge is 0.481 e. The minimum atomic E-state index is -0.630. The van der Waals surface area contributed by atoms with Gasteiger partial charge in [-0.1, -0.05) is 24.3 Å². The highest BCUT2D eigenvalue weighted by molar-refractivity contribution is 5.94. The van der Waals surface area contributed by atoms with Gasteiger partial charge < -0.3 is 10.1 Å². The van der Waals surface area contributed by atoms with Crippen LogP contribution in [0, 0.1) is 13.8 Å². The quantitative estimate of drug-likeness (QED) is 0.563. The van der Waals surface area contributed by atoms with Crippen LogP contribution in [0.25, 0.3) is 16.9 Å². The molecule has 0 aliphatic rings. The molecule has 0 bridgehead atoms. The summed E-state index contributed by atoms with van der Waals surface area (Å²) in [5.74, 6) is 1.17. The number of fused-ring (bicyclic) bond motifs is 1. The Morgan fingerprint density at radius 2 is 1.86 bits per heavy atom. The summed E-state index contributed by atoms with van der Waals surface area (Å²) >= 11 is 0. The van der Waals surface area contributed by atoms with Crippen LogP contribution in [0.3, 0.4) is 0 Å². The topological polar surface area (TPSA) is 81.4 Å². The number of amides is 1. The van der Waals surface area contributed by atoms with E-state index in [1.807, 2.05) is 74.5 Å². The molecule has 7 nitrogen and oxygen atoms in total. The molecule has 0 saturated heterocycles. The van der Waals surface area contributed by atoms with E-state index in [0.717, 1.165) is 16.8 Å². The summed E-state index contributed by atoms with van der Waals surface area (Å²) in [6, 6.07) is 18.9. The smallest absolute Gasteiger partial charge is 0.265 e. The molecule has 1 N–H and O–H groups in total. The van der Waals surface area contributed by atoms with Crippen LogP contribution in [0.5, 0.6) is 5.75 Å². The summed E-state index contributed by atoms with van der Waals surface area (Å²) in [6.45, 7) is 5.56. The summed E-state index contributed by atoms with van der Waals surface area (Å²) < 4.78 is 7.45. The number of benzene rings is 2. The molecule has 1 amide bonds. The fourth-order valence-electron chi connectivity index (χ4n) is 3.00. The minimum Gasteiger partial charge on any atom is -0.481 e. The van der Waals surface area contributed by atoms with Crippen LogP contribution >= 0.6 is 0 Å². The van der Waals surface area contributed by atoms with Crippen molar-refractivity contribution in [2.24, 2.45) is 0 Å². The van der Waals surface area contributed by atoms with Gasteiger partial charge in [0, 0.05) is 11.3 Å². The molecule has 2 aromatic carbocycles. The summed E-state index contributed by atoms with van der Waals surface area (Å²) in [7, 11) is 0. The van der Waals surface area contributed by atoms with Crippen molar-refractivity contribution in [3.63, 3.8) is 0 Å². The standard InChI is InChI=1S/C22H21N5O2/c1-14-6-4-9-19(12-14)29-15(2)22(28)23-18-8-5-7-17(13-18)20-10-11-21-25-24-16(3)27(21)26-20/h4-13,15H,1-3H3,(H,23,28). The maximum atomic E-state index is 12.6. The van der Waals surface area contributed by atoms with Crippen molar-refractivity contribution in [3.05, 3.63) is 72.1 Å². The molecular weight excluding hydrogens is 366 g/mol. The fraction of sp³-hybridized carbons (Fsp3) is 0.182. The number of hydrogen-bond donors (Lipinski definition) is 1. The van der Waals surface area contributed by atoms with Crippen LogP contribution in [-0.2, 0) is 4.79 Å². The van der Waals surface area contributed by atoms with E-state index in [1.165, 1.54) is 0 Å². The summed E-state index contributed by atoms with van der Waals surface area (Å²) in [4.78, 5) is 12.6. The Balaban J connectivity index is 1.50. The zero-order chi connectivity index (χ0) is 20.4. The number of nitrogens with zero attached hydrogens (tertiary/aromatic N) is 4. The molecule has 1 atom stereocenters. The Labute approximate surface area is 168 Å². The monoisotopic (exact) mass is 387 g/mol. The van der Waals surface area contributed by atoms with E-state index in [-0.39, 0.29) is 5.91 Å². The number of aromatic nitrogens is 4. The third kappa shape index (κ3) is 4.08. The molecule has 0 radical (unpaired) electrons. The van der Waals surface area contributed by atoms with Crippen LogP contribution < -0.4 is 10.1 Å². The molecule has 4 rings (SSSR count). The van der Waals surface area contributed by atoms with Gasteiger partial charge in [0.25, 0.3) is 5.91 Å². The van der Waals surface area contributed by atoms with E-state index >= 15 is 0 Å². The van der Waals surface area contributed by atoms with Gasteiger partial charge in [-0.25, -0.2) is 0 Å². The Morgan fingerprint density at radius 3 is 2.69 bits per heavy atom. The van der Waals surface area contributed by atoms with Crippen LogP contribution in [0.1, 0.15) is 18.3 Å². The number of hydrogen-bond acceptors (Lipinski definition) is 5. The zero-order valence-corrected chi connectivity index (χ0v) is 16.5. The molecule has 4 aromatic rings. The van der Waals surface area contributed by atoms with E-state index in [1.54, 1.807) is 11.4 Å². The number of aryl methyl sites for hydroxylation is 2. The second kappa shape index (κ2) is 7.71. The molecule has 29 heavy (non-hydrogen) atoms. The van der Waals surface area contributed by atoms with Gasteiger partial charge in [-0.2, -0.15) is 9.61 Å². The zero-order valence-electron chi connectivity index (χ0n) is 16.5. The van der Waals surface area contributed by atoms with Gasteiger partial charge >= 0.3 is 0 Å². The van der Waals surface area contributed by atoms with Gasteiger partial charge in [0.15, 0.2) is 17.6 Å². The third-order valence-corrected chi connectivity index (χ3v) is 4.52. The first-order valence-electron chi connectivity index (χ1n) is 9.33. The average Bonchev–Trinajstić information content (AvgIpc) is 3.08. The first-order valence-corrected chi connectivity index (χ1v) is 9.33. The molecule has 2 aromatic heterocycles. The average molecular weight is 387 g/mol. The van der Waals surface area contributed by atoms with E-state index in [9.17, 15) is 4.79 Å². The van der Waals surface area contributed by atoms with E-state index in [2.05, 4.69) is 20.6 Å².